The SMILES string of the molecule is CC(=O)NNc1ccc([N+](=O)[O-])cc1C#N. The number of anilines is 1. The van der Waals surface area contributed by atoms with Gasteiger partial charge < -0.3 is 0 Å². The zero-order chi connectivity index (χ0) is 12.1. The fourth-order valence-corrected chi connectivity index (χ4v) is 1.00. The number of nitriles is 1. The van der Waals surface area contributed by atoms with E-state index in [9.17, 15) is 14.9 Å². The zero-order valence-corrected chi connectivity index (χ0v) is 8.35. The summed E-state index contributed by atoms with van der Waals surface area (Å²) < 4.78 is 0. The van der Waals surface area contributed by atoms with E-state index in [1.54, 1.807) is 6.07 Å². The quantitative estimate of drug-likeness (QED) is 0.581. The van der Waals surface area contributed by atoms with Crippen LogP contribution < -0.4 is 10.9 Å². The van der Waals surface area contributed by atoms with Crippen molar-refractivity contribution in [3.05, 3.63) is 33.9 Å². The topological polar surface area (TPSA) is 108 Å². The van der Waals surface area contributed by atoms with Crippen molar-refractivity contribution >= 4 is 17.3 Å². The fraction of sp³-hybridized carbons (Fsp3) is 0.111. The molecule has 1 rings (SSSR count). The monoisotopic (exact) mass is 220 g/mol. The maximum Gasteiger partial charge on any atom is 0.270 e. The van der Waals surface area contributed by atoms with Gasteiger partial charge in [0.2, 0.25) is 5.91 Å². The van der Waals surface area contributed by atoms with E-state index in [2.05, 4.69) is 10.9 Å². The highest BCUT2D eigenvalue weighted by Crippen LogP contribution is 2.20. The van der Waals surface area contributed by atoms with Crippen LogP contribution in [0.3, 0.4) is 0 Å². The Bertz CT molecular complexity index is 478. The molecule has 7 heteroatoms. The average Bonchev–Trinajstić information content (AvgIpc) is 2.25. The Morgan fingerprint density at radius 2 is 2.25 bits per heavy atom. The van der Waals surface area contributed by atoms with E-state index in [4.69, 9.17) is 5.26 Å². The van der Waals surface area contributed by atoms with Gasteiger partial charge in [-0.15, -0.1) is 0 Å². The molecule has 1 aromatic rings. The van der Waals surface area contributed by atoms with Gasteiger partial charge in [0.25, 0.3) is 5.69 Å². The van der Waals surface area contributed by atoms with Crippen molar-refractivity contribution in [1.82, 2.24) is 5.43 Å². The lowest BCUT2D eigenvalue weighted by Crippen LogP contribution is -2.26. The molecule has 0 saturated carbocycles. The van der Waals surface area contributed by atoms with Gasteiger partial charge in [-0.1, -0.05) is 0 Å². The Balaban J connectivity index is 2.99. The number of carbonyl (C=O) groups is 1. The molecule has 0 spiro atoms. The van der Waals surface area contributed by atoms with Crippen LogP contribution in [-0.2, 0) is 4.79 Å². The molecule has 0 aliphatic heterocycles. The summed E-state index contributed by atoms with van der Waals surface area (Å²) in [5.41, 5.74) is 4.98. The molecule has 0 aromatic heterocycles. The third kappa shape index (κ3) is 2.68. The zero-order valence-electron chi connectivity index (χ0n) is 8.35. The second kappa shape index (κ2) is 4.75. The number of hydrogen-bond acceptors (Lipinski definition) is 5. The van der Waals surface area contributed by atoms with Crippen molar-refractivity contribution in [3.63, 3.8) is 0 Å². The minimum absolute atomic E-state index is 0.0861. The lowest BCUT2D eigenvalue weighted by Gasteiger charge is -2.07. The van der Waals surface area contributed by atoms with Gasteiger partial charge in [0, 0.05) is 19.1 Å². The first-order valence-electron chi connectivity index (χ1n) is 4.25. The van der Waals surface area contributed by atoms with Gasteiger partial charge >= 0.3 is 0 Å². The van der Waals surface area contributed by atoms with Crippen molar-refractivity contribution in [2.75, 3.05) is 5.43 Å². The number of nitrogens with one attached hydrogen (secondary N) is 2. The van der Waals surface area contributed by atoms with Crippen molar-refractivity contribution in [2.45, 2.75) is 6.92 Å². The van der Waals surface area contributed by atoms with Crippen LogP contribution >= 0.6 is 0 Å². The van der Waals surface area contributed by atoms with E-state index >= 15 is 0 Å². The summed E-state index contributed by atoms with van der Waals surface area (Å²) in [6.07, 6.45) is 0. The van der Waals surface area contributed by atoms with Crippen LogP contribution in [0.4, 0.5) is 11.4 Å². The number of non-ortho nitro benzene ring substituents is 1. The first kappa shape index (κ1) is 11.5. The van der Waals surface area contributed by atoms with E-state index < -0.39 is 4.92 Å². The van der Waals surface area contributed by atoms with Gasteiger partial charge in [0.05, 0.1) is 16.2 Å². The summed E-state index contributed by atoms with van der Waals surface area (Å²) in [4.78, 5) is 20.5. The number of amides is 1. The average molecular weight is 220 g/mol. The minimum atomic E-state index is -0.594. The molecule has 82 valence electrons. The second-order valence-corrected chi connectivity index (χ2v) is 2.90. The van der Waals surface area contributed by atoms with Gasteiger partial charge in [0.15, 0.2) is 0 Å². The van der Waals surface area contributed by atoms with Crippen LogP contribution in [0, 0.1) is 21.4 Å². The predicted molar refractivity (Wildman–Crippen MR) is 55.3 cm³/mol. The Hall–Kier alpha value is -2.62. The highest BCUT2D eigenvalue weighted by atomic mass is 16.6. The van der Waals surface area contributed by atoms with Crippen molar-refractivity contribution < 1.29 is 9.72 Å². The molecule has 1 amide bonds. The lowest BCUT2D eigenvalue weighted by atomic mass is 10.2. The molecule has 1 aromatic carbocycles. The van der Waals surface area contributed by atoms with Crippen LogP contribution in [0.15, 0.2) is 18.2 Å². The molecule has 7 nitrogen and oxygen atoms in total. The van der Waals surface area contributed by atoms with E-state index in [0.717, 1.165) is 6.07 Å². The Morgan fingerprint density at radius 3 is 2.75 bits per heavy atom. The number of carbonyl (C=O) groups excluding carboxylic acids is 1. The highest BCUT2D eigenvalue weighted by Gasteiger charge is 2.10. The van der Waals surface area contributed by atoms with E-state index in [0.29, 0.717) is 5.69 Å². The standard InChI is InChI=1S/C9H8N4O3/c1-6(14)11-12-9-3-2-8(13(15)16)4-7(9)5-10/h2-4,12H,1H3,(H,11,14). The van der Waals surface area contributed by atoms with Crippen LogP contribution in [0.1, 0.15) is 12.5 Å². The minimum Gasteiger partial charge on any atom is -0.297 e. The van der Waals surface area contributed by atoms with Gasteiger partial charge in [-0.2, -0.15) is 5.26 Å². The van der Waals surface area contributed by atoms with Gasteiger partial charge in [-0.25, -0.2) is 0 Å². The molecular formula is C9H8N4O3. The highest BCUT2D eigenvalue weighted by molar-refractivity contribution is 5.75. The lowest BCUT2D eigenvalue weighted by molar-refractivity contribution is -0.384. The Morgan fingerprint density at radius 1 is 1.56 bits per heavy atom. The molecule has 0 atom stereocenters. The summed E-state index contributed by atoms with van der Waals surface area (Å²) >= 11 is 0. The molecule has 0 fully saturated rings. The summed E-state index contributed by atoms with van der Waals surface area (Å²) in [7, 11) is 0. The Kier molecular flexibility index (Phi) is 3.40. The Labute approximate surface area is 90.8 Å². The van der Waals surface area contributed by atoms with Gasteiger partial charge in [-0.05, 0) is 6.07 Å². The molecule has 0 bridgehead atoms. The number of benzene rings is 1. The summed E-state index contributed by atoms with van der Waals surface area (Å²) in [6.45, 7) is 1.30. The van der Waals surface area contributed by atoms with Crippen molar-refractivity contribution in [1.29, 1.82) is 5.26 Å². The molecule has 0 radical (unpaired) electrons. The fourth-order valence-electron chi connectivity index (χ4n) is 1.00. The van der Waals surface area contributed by atoms with Crippen molar-refractivity contribution in [3.8, 4) is 6.07 Å². The number of nitrogens with zero attached hydrogens (tertiary/aromatic N) is 2. The molecule has 0 aliphatic carbocycles. The first-order valence-corrected chi connectivity index (χ1v) is 4.25. The number of nitro groups is 1. The molecule has 0 saturated heterocycles. The molecule has 16 heavy (non-hydrogen) atoms. The molecular weight excluding hydrogens is 212 g/mol. The second-order valence-electron chi connectivity index (χ2n) is 2.90. The molecule has 0 unspecified atom stereocenters. The van der Waals surface area contributed by atoms with Crippen LogP contribution in [0.5, 0.6) is 0 Å². The van der Waals surface area contributed by atoms with E-state index in [-0.39, 0.29) is 17.2 Å². The van der Waals surface area contributed by atoms with Crippen LogP contribution in [-0.4, -0.2) is 10.8 Å². The molecule has 0 aliphatic rings. The predicted octanol–water partition coefficient (Wildman–Crippen LogP) is 0.929. The normalized spacial score (nSPS) is 9.00. The molecule has 2 N–H and O–H groups in total. The number of nitro benzene ring substituents is 1. The first-order chi connectivity index (χ1) is 7.54. The smallest absolute Gasteiger partial charge is 0.270 e. The van der Waals surface area contributed by atoms with E-state index in [1.807, 2.05) is 0 Å². The van der Waals surface area contributed by atoms with Crippen LogP contribution in [0.2, 0.25) is 0 Å². The third-order valence-electron chi connectivity index (χ3n) is 1.71. The summed E-state index contributed by atoms with van der Waals surface area (Å²) in [5, 5.41) is 19.2. The van der Waals surface area contributed by atoms with Crippen LogP contribution in [0.25, 0.3) is 0 Å². The maximum absolute atomic E-state index is 10.6. The number of rotatable bonds is 3. The van der Waals surface area contributed by atoms with Gasteiger partial charge in [-0.3, -0.25) is 25.8 Å². The largest absolute Gasteiger partial charge is 0.297 e. The summed E-state index contributed by atoms with van der Waals surface area (Å²) in [5.74, 6) is -0.331. The molecule has 0 heterocycles. The van der Waals surface area contributed by atoms with E-state index in [1.165, 1.54) is 19.1 Å². The van der Waals surface area contributed by atoms with Gasteiger partial charge in [0.1, 0.15) is 6.07 Å². The number of hydrogen-bond donors (Lipinski definition) is 2. The summed E-state index contributed by atoms with van der Waals surface area (Å²) in [6, 6.07) is 5.52. The third-order valence-corrected chi connectivity index (χ3v) is 1.71. The maximum atomic E-state index is 10.6. The van der Waals surface area contributed by atoms with Crippen molar-refractivity contribution in [2.24, 2.45) is 0 Å². The number of hydrazine groups is 1.